The average Bonchev–Trinajstić information content (AvgIpc) is 3.16. The Morgan fingerprint density at radius 3 is 2.50 bits per heavy atom. The van der Waals surface area contributed by atoms with E-state index in [1.54, 1.807) is 12.1 Å². The smallest absolute Gasteiger partial charge is 0.338 e. The van der Waals surface area contributed by atoms with Crippen LogP contribution in [0, 0.1) is 0 Å². The summed E-state index contributed by atoms with van der Waals surface area (Å²) >= 11 is 0. The van der Waals surface area contributed by atoms with Gasteiger partial charge in [-0.3, -0.25) is 4.79 Å². The van der Waals surface area contributed by atoms with Crippen LogP contribution in [-0.4, -0.2) is 33.4 Å². The molecule has 0 bridgehead atoms. The van der Waals surface area contributed by atoms with Crippen molar-refractivity contribution in [1.29, 1.82) is 0 Å². The fraction of sp³-hybridized carbons (Fsp3) is 0.294. The van der Waals surface area contributed by atoms with Crippen LogP contribution in [0.5, 0.6) is 0 Å². The number of sulfonamides is 1. The molecule has 9 heteroatoms. The monoisotopic (exact) mass is 380 g/mol. The minimum absolute atomic E-state index is 0.00120. The molecule has 140 valence electrons. The van der Waals surface area contributed by atoms with Crippen LogP contribution in [-0.2, 0) is 26.1 Å². The number of esters is 1. The van der Waals surface area contributed by atoms with E-state index >= 15 is 0 Å². The van der Waals surface area contributed by atoms with Crippen LogP contribution in [0.15, 0.2) is 52.0 Å². The Hall–Kier alpha value is -2.65. The van der Waals surface area contributed by atoms with Gasteiger partial charge in [-0.2, -0.15) is 0 Å². The van der Waals surface area contributed by atoms with Crippen molar-refractivity contribution in [3.63, 3.8) is 0 Å². The van der Waals surface area contributed by atoms with Crippen molar-refractivity contribution < 1.29 is 27.2 Å². The number of benzene rings is 1. The Labute approximate surface area is 151 Å². The van der Waals surface area contributed by atoms with Gasteiger partial charge in [-0.15, -0.1) is 0 Å². The van der Waals surface area contributed by atoms with E-state index in [-0.39, 0.29) is 29.5 Å². The van der Waals surface area contributed by atoms with Crippen LogP contribution in [0.3, 0.4) is 0 Å². The van der Waals surface area contributed by atoms with Crippen molar-refractivity contribution in [2.45, 2.75) is 24.8 Å². The standard InChI is InChI=1S/C17H20N2O6S/c1-2-9-18-16(20)12-25-17(21)13-5-7-15(8-6-13)26(22,23)19-11-14-4-3-10-24-14/h3-8,10,19H,2,9,11-12H2,1H3,(H,18,20). The zero-order valence-electron chi connectivity index (χ0n) is 14.2. The summed E-state index contributed by atoms with van der Waals surface area (Å²) in [7, 11) is -3.74. The SMILES string of the molecule is CCCNC(=O)COC(=O)c1ccc(S(=O)(=O)NCc2ccco2)cc1. The summed E-state index contributed by atoms with van der Waals surface area (Å²) in [6.07, 6.45) is 2.23. The summed E-state index contributed by atoms with van der Waals surface area (Å²) in [6.45, 7) is 2.05. The molecule has 1 aromatic heterocycles. The van der Waals surface area contributed by atoms with E-state index in [1.807, 2.05) is 6.92 Å². The van der Waals surface area contributed by atoms with Gasteiger partial charge in [0.2, 0.25) is 10.0 Å². The first-order valence-corrected chi connectivity index (χ1v) is 9.46. The maximum absolute atomic E-state index is 12.2. The molecule has 0 unspecified atom stereocenters. The highest BCUT2D eigenvalue weighted by Crippen LogP contribution is 2.12. The fourth-order valence-corrected chi connectivity index (χ4v) is 2.96. The Kier molecular flexibility index (Phi) is 6.93. The maximum Gasteiger partial charge on any atom is 0.338 e. The molecule has 26 heavy (non-hydrogen) atoms. The molecular formula is C17H20N2O6S. The maximum atomic E-state index is 12.2. The first-order chi connectivity index (χ1) is 12.4. The molecule has 0 aliphatic rings. The number of carbonyl (C=O) groups excluding carboxylic acids is 2. The third-order valence-corrected chi connectivity index (χ3v) is 4.74. The number of carbonyl (C=O) groups is 2. The van der Waals surface area contributed by atoms with Crippen LogP contribution in [0.1, 0.15) is 29.5 Å². The second-order valence-electron chi connectivity index (χ2n) is 5.35. The molecule has 0 spiro atoms. The molecule has 0 aliphatic carbocycles. The topological polar surface area (TPSA) is 115 Å². The van der Waals surface area contributed by atoms with Crippen LogP contribution in [0.25, 0.3) is 0 Å². The molecule has 2 N–H and O–H groups in total. The number of hydrogen-bond acceptors (Lipinski definition) is 6. The van der Waals surface area contributed by atoms with E-state index in [0.717, 1.165) is 6.42 Å². The van der Waals surface area contributed by atoms with Gasteiger partial charge in [0.15, 0.2) is 6.61 Å². The predicted molar refractivity (Wildman–Crippen MR) is 92.8 cm³/mol. The van der Waals surface area contributed by atoms with Gasteiger partial charge in [0.1, 0.15) is 5.76 Å². The lowest BCUT2D eigenvalue weighted by Gasteiger charge is -2.07. The van der Waals surface area contributed by atoms with E-state index in [9.17, 15) is 18.0 Å². The molecule has 0 fully saturated rings. The third kappa shape index (κ3) is 5.71. The van der Waals surface area contributed by atoms with E-state index in [4.69, 9.17) is 9.15 Å². The summed E-state index contributed by atoms with van der Waals surface area (Å²) in [4.78, 5) is 23.3. The number of ether oxygens (including phenoxy) is 1. The van der Waals surface area contributed by atoms with Crippen LogP contribution in [0.2, 0.25) is 0 Å². The highest BCUT2D eigenvalue weighted by Gasteiger charge is 2.16. The molecule has 0 saturated carbocycles. The first-order valence-electron chi connectivity index (χ1n) is 7.98. The number of rotatable bonds is 9. The van der Waals surface area contributed by atoms with Crippen molar-refractivity contribution in [2.24, 2.45) is 0 Å². The molecule has 2 aromatic rings. The molecule has 2 rings (SSSR count). The zero-order valence-corrected chi connectivity index (χ0v) is 15.0. The molecule has 0 aliphatic heterocycles. The van der Waals surface area contributed by atoms with Gasteiger partial charge in [-0.25, -0.2) is 17.9 Å². The van der Waals surface area contributed by atoms with Crippen molar-refractivity contribution >= 4 is 21.9 Å². The Morgan fingerprint density at radius 2 is 1.88 bits per heavy atom. The molecule has 0 atom stereocenters. The molecule has 1 aromatic carbocycles. The number of furan rings is 1. The van der Waals surface area contributed by atoms with Gasteiger partial charge in [0.05, 0.1) is 23.3 Å². The van der Waals surface area contributed by atoms with Crippen LogP contribution in [0.4, 0.5) is 0 Å². The number of hydrogen-bond donors (Lipinski definition) is 2. The molecule has 1 heterocycles. The predicted octanol–water partition coefficient (Wildman–Crippen LogP) is 1.44. The van der Waals surface area contributed by atoms with Gasteiger partial charge in [-0.1, -0.05) is 6.92 Å². The molecular weight excluding hydrogens is 360 g/mol. The molecule has 0 radical (unpaired) electrons. The summed E-state index contributed by atoms with van der Waals surface area (Å²) in [5.41, 5.74) is 0.151. The van der Waals surface area contributed by atoms with Crippen molar-refractivity contribution in [1.82, 2.24) is 10.0 Å². The van der Waals surface area contributed by atoms with E-state index in [2.05, 4.69) is 10.0 Å². The van der Waals surface area contributed by atoms with Gasteiger partial charge >= 0.3 is 5.97 Å². The molecule has 1 amide bonds. The van der Waals surface area contributed by atoms with E-state index < -0.39 is 16.0 Å². The van der Waals surface area contributed by atoms with Crippen LogP contribution < -0.4 is 10.0 Å². The average molecular weight is 380 g/mol. The second kappa shape index (κ2) is 9.16. The Bertz CT molecular complexity index is 829. The number of amides is 1. The fourth-order valence-electron chi connectivity index (χ4n) is 1.96. The summed E-state index contributed by atoms with van der Waals surface area (Å²) in [5, 5.41) is 2.58. The lowest BCUT2D eigenvalue weighted by Crippen LogP contribution is -2.29. The van der Waals surface area contributed by atoms with Crippen molar-refractivity contribution in [2.75, 3.05) is 13.2 Å². The lowest BCUT2D eigenvalue weighted by atomic mass is 10.2. The van der Waals surface area contributed by atoms with Gasteiger partial charge in [-0.05, 0) is 42.8 Å². The van der Waals surface area contributed by atoms with Crippen molar-refractivity contribution in [3.05, 3.63) is 54.0 Å². The largest absolute Gasteiger partial charge is 0.468 e. The third-order valence-electron chi connectivity index (χ3n) is 3.32. The molecule has 0 saturated heterocycles. The summed E-state index contributed by atoms with van der Waals surface area (Å²) in [5.74, 6) is -0.610. The highest BCUT2D eigenvalue weighted by atomic mass is 32.2. The lowest BCUT2D eigenvalue weighted by molar-refractivity contribution is -0.124. The molecule has 8 nitrogen and oxygen atoms in total. The minimum Gasteiger partial charge on any atom is -0.468 e. The summed E-state index contributed by atoms with van der Waals surface area (Å²) < 4.78 is 36.7. The number of nitrogens with one attached hydrogen (secondary N) is 2. The quantitative estimate of drug-likeness (QED) is 0.636. The van der Waals surface area contributed by atoms with Gasteiger partial charge in [0.25, 0.3) is 5.91 Å². The Balaban J connectivity index is 1.92. The Morgan fingerprint density at radius 1 is 1.15 bits per heavy atom. The second-order valence-corrected chi connectivity index (χ2v) is 7.12. The van der Waals surface area contributed by atoms with E-state index in [1.165, 1.54) is 30.5 Å². The normalized spacial score (nSPS) is 11.1. The first kappa shape index (κ1) is 19.7. The summed E-state index contributed by atoms with van der Waals surface area (Å²) in [6, 6.07) is 8.54. The minimum atomic E-state index is -3.74. The van der Waals surface area contributed by atoms with E-state index in [0.29, 0.717) is 12.3 Å². The zero-order chi connectivity index (χ0) is 19.0. The van der Waals surface area contributed by atoms with Gasteiger partial charge in [0, 0.05) is 6.54 Å². The van der Waals surface area contributed by atoms with Gasteiger partial charge < -0.3 is 14.5 Å². The van der Waals surface area contributed by atoms with Crippen LogP contribution >= 0.6 is 0 Å². The van der Waals surface area contributed by atoms with Crippen molar-refractivity contribution in [3.8, 4) is 0 Å². The highest BCUT2D eigenvalue weighted by molar-refractivity contribution is 7.89.